The molecule has 102 valence electrons. The van der Waals surface area contributed by atoms with Crippen LogP contribution in [0.3, 0.4) is 0 Å². The van der Waals surface area contributed by atoms with Gasteiger partial charge in [-0.05, 0) is 48.7 Å². The lowest BCUT2D eigenvalue weighted by atomic mass is 10.0. The van der Waals surface area contributed by atoms with Crippen LogP contribution in [0.25, 0.3) is 23.0 Å². The summed E-state index contributed by atoms with van der Waals surface area (Å²) in [7, 11) is 0. The van der Waals surface area contributed by atoms with E-state index < -0.39 is 0 Å². The van der Waals surface area contributed by atoms with Gasteiger partial charge in [0.05, 0.1) is 16.7 Å². The van der Waals surface area contributed by atoms with Crippen molar-refractivity contribution in [1.82, 2.24) is 19.3 Å². The lowest BCUT2D eigenvalue weighted by molar-refractivity contribution is 0.966. The van der Waals surface area contributed by atoms with Crippen LogP contribution in [-0.2, 0) is 0 Å². The second-order valence-electron chi connectivity index (χ2n) is 5.73. The molecule has 0 saturated heterocycles. The molecule has 0 amide bonds. The Bertz CT molecular complexity index is 1000. The summed E-state index contributed by atoms with van der Waals surface area (Å²) in [5, 5.41) is 11.1. The van der Waals surface area contributed by atoms with Crippen LogP contribution in [0.1, 0.15) is 24.2 Å². The topological polar surface area (TPSA) is 35.6 Å². The third-order valence-corrected chi connectivity index (χ3v) is 4.43. The highest BCUT2D eigenvalue weighted by molar-refractivity contribution is 5.69. The molecule has 0 spiro atoms. The van der Waals surface area contributed by atoms with Crippen molar-refractivity contribution in [3.05, 3.63) is 58.7 Å². The minimum atomic E-state index is 0.979. The van der Waals surface area contributed by atoms with Gasteiger partial charge in [0.25, 0.3) is 0 Å². The second kappa shape index (κ2) is 3.73. The molecule has 2 aliphatic rings. The Morgan fingerprint density at radius 2 is 2.05 bits per heavy atom. The molecule has 0 atom stereocenters. The highest BCUT2D eigenvalue weighted by atomic mass is 15.3. The highest BCUT2D eigenvalue weighted by Crippen LogP contribution is 2.27. The third-order valence-electron chi connectivity index (χ3n) is 4.43. The zero-order valence-corrected chi connectivity index (χ0v) is 11.7. The van der Waals surface area contributed by atoms with Gasteiger partial charge in [0, 0.05) is 11.8 Å². The van der Waals surface area contributed by atoms with Gasteiger partial charge in [-0.2, -0.15) is 0 Å². The van der Waals surface area contributed by atoms with Crippen molar-refractivity contribution in [2.45, 2.75) is 19.8 Å². The number of hydrogen-bond donors (Lipinski definition) is 0. The van der Waals surface area contributed by atoms with E-state index in [9.17, 15) is 0 Å². The van der Waals surface area contributed by atoms with Gasteiger partial charge in [-0.1, -0.05) is 12.1 Å². The van der Waals surface area contributed by atoms with Crippen LogP contribution in [0.5, 0.6) is 0 Å². The molecule has 0 N–H and O–H groups in total. The lowest BCUT2D eigenvalue weighted by Gasteiger charge is -2.11. The SMILES string of the molecule is Cc1ccc2c(c1)-n1ccc3c1=C(CCC=3)c1nncn1-2. The number of benzene rings is 1. The first kappa shape index (κ1) is 11.1. The number of aryl methyl sites for hydroxylation is 1. The van der Waals surface area contributed by atoms with Crippen molar-refractivity contribution in [2.24, 2.45) is 0 Å². The van der Waals surface area contributed by atoms with E-state index in [4.69, 9.17) is 0 Å². The van der Waals surface area contributed by atoms with Gasteiger partial charge in [-0.15, -0.1) is 10.2 Å². The third kappa shape index (κ3) is 1.34. The summed E-state index contributed by atoms with van der Waals surface area (Å²) in [5.41, 5.74) is 4.89. The molecule has 1 aromatic carbocycles. The van der Waals surface area contributed by atoms with Crippen LogP contribution < -0.4 is 10.6 Å². The van der Waals surface area contributed by atoms with Crippen molar-refractivity contribution in [2.75, 3.05) is 0 Å². The van der Waals surface area contributed by atoms with E-state index >= 15 is 0 Å². The Kier molecular flexibility index (Phi) is 1.97. The van der Waals surface area contributed by atoms with Crippen molar-refractivity contribution in [1.29, 1.82) is 0 Å². The molecule has 0 unspecified atom stereocenters. The molecule has 3 aromatic rings. The summed E-state index contributed by atoms with van der Waals surface area (Å²) in [5.74, 6) is 0.979. The molecule has 1 aliphatic carbocycles. The number of rotatable bonds is 0. The van der Waals surface area contributed by atoms with Gasteiger partial charge in [0.2, 0.25) is 0 Å². The zero-order valence-electron chi connectivity index (χ0n) is 11.7. The van der Waals surface area contributed by atoms with Crippen LogP contribution in [-0.4, -0.2) is 19.3 Å². The number of nitrogens with zero attached hydrogens (tertiary/aromatic N) is 4. The van der Waals surface area contributed by atoms with Crippen molar-refractivity contribution >= 4 is 11.6 Å². The quantitative estimate of drug-likeness (QED) is 0.622. The first-order valence-electron chi connectivity index (χ1n) is 7.25. The van der Waals surface area contributed by atoms with Gasteiger partial charge in [0.15, 0.2) is 5.82 Å². The van der Waals surface area contributed by atoms with E-state index in [0.717, 1.165) is 24.4 Å². The van der Waals surface area contributed by atoms with E-state index in [2.05, 4.69) is 62.8 Å². The minimum absolute atomic E-state index is 0.979. The Morgan fingerprint density at radius 1 is 1.10 bits per heavy atom. The maximum absolute atomic E-state index is 4.39. The van der Waals surface area contributed by atoms with Crippen molar-refractivity contribution in [3.63, 3.8) is 0 Å². The molecular formula is C17H14N4. The molecule has 0 fully saturated rings. The molecule has 5 rings (SSSR count). The van der Waals surface area contributed by atoms with E-state index in [1.807, 2.05) is 6.33 Å². The Labute approximate surface area is 121 Å². The maximum Gasteiger partial charge on any atom is 0.166 e. The Balaban J connectivity index is 2.07. The van der Waals surface area contributed by atoms with Crippen LogP contribution in [0.4, 0.5) is 0 Å². The van der Waals surface area contributed by atoms with Crippen molar-refractivity contribution in [3.8, 4) is 11.4 Å². The lowest BCUT2D eigenvalue weighted by Crippen LogP contribution is -2.32. The standard InChI is InChI=1S/C17H14N4/c1-11-5-6-14-15(9-11)20-8-7-12-3-2-4-13(16(12)20)17-19-18-10-21(14)17/h3,5-10H,2,4H2,1H3. The highest BCUT2D eigenvalue weighted by Gasteiger charge is 2.22. The smallest absolute Gasteiger partial charge is 0.166 e. The number of fused-ring (bicyclic) bond motifs is 5. The molecule has 0 bridgehead atoms. The average Bonchev–Trinajstić information content (AvgIpc) is 3.11. The second-order valence-corrected chi connectivity index (χ2v) is 5.73. The Morgan fingerprint density at radius 3 is 3.00 bits per heavy atom. The van der Waals surface area contributed by atoms with E-state index in [-0.39, 0.29) is 0 Å². The van der Waals surface area contributed by atoms with Crippen LogP contribution >= 0.6 is 0 Å². The summed E-state index contributed by atoms with van der Waals surface area (Å²) in [6.45, 7) is 2.13. The fourth-order valence-electron chi connectivity index (χ4n) is 3.49. The first-order chi connectivity index (χ1) is 10.3. The predicted molar refractivity (Wildman–Crippen MR) is 80.9 cm³/mol. The largest absolute Gasteiger partial charge is 0.314 e. The van der Waals surface area contributed by atoms with Gasteiger partial charge in [-0.3, -0.25) is 4.57 Å². The fourth-order valence-corrected chi connectivity index (χ4v) is 3.49. The zero-order chi connectivity index (χ0) is 14.0. The summed E-state index contributed by atoms with van der Waals surface area (Å²) in [6, 6.07) is 8.73. The van der Waals surface area contributed by atoms with Gasteiger partial charge >= 0.3 is 0 Å². The molecule has 0 saturated carbocycles. The summed E-state index contributed by atoms with van der Waals surface area (Å²) in [6.07, 6.45) is 8.39. The molecule has 4 nitrogen and oxygen atoms in total. The average molecular weight is 274 g/mol. The van der Waals surface area contributed by atoms with Crippen LogP contribution in [0.2, 0.25) is 0 Å². The van der Waals surface area contributed by atoms with E-state index in [1.165, 1.54) is 27.4 Å². The van der Waals surface area contributed by atoms with E-state index in [0.29, 0.717) is 0 Å². The predicted octanol–water partition coefficient (Wildman–Crippen LogP) is 1.45. The van der Waals surface area contributed by atoms with Gasteiger partial charge in [0.1, 0.15) is 6.33 Å². The molecule has 3 heterocycles. The maximum atomic E-state index is 4.39. The Hall–Kier alpha value is -2.62. The van der Waals surface area contributed by atoms with Crippen molar-refractivity contribution < 1.29 is 0 Å². The molecule has 4 heteroatoms. The summed E-state index contributed by atoms with van der Waals surface area (Å²) >= 11 is 0. The van der Waals surface area contributed by atoms with Gasteiger partial charge in [-0.25, -0.2) is 0 Å². The molecule has 21 heavy (non-hydrogen) atoms. The molecule has 2 aromatic heterocycles. The van der Waals surface area contributed by atoms with E-state index in [1.54, 1.807) is 0 Å². The first-order valence-corrected chi connectivity index (χ1v) is 7.25. The van der Waals surface area contributed by atoms with Crippen LogP contribution in [0.15, 0.2) is 36.8 Å². The van der Waals surface area contributed by atoms with Gasteiger partial charge < -0.3 is 4.57 Å². The fraction of sp³-hybridized carbons (Fsp3) is 0.176. The molecule has 0 radical (unpaired) electrons. The monoisotopic (exact) mass is 274 g/mol. The number of aromatic nitrogens is 4. The van der Waals surface area contributed by atoms with Crippen LogP contribution in [0, 0.1) is 6.92 Å². The molecular weight excluding hydrogens is 260 g/mol. The normalized spacial score (nSPS) is 14.8. The summed E-state index contributed by atoms with van der Waals surface area (Å²) in [4.78, 5) is 0. The minimum Gasteiger partial charge on any atom is -0.314 e. The summed E-state index contributed by atoms with van der Waals surface area (Å²) < 4.78 is 4.42. The number of hydrogen-bond acceptors (Lipinski definition) is 2. The molecule has 1 aliphatic heterocycles.